The number of amides is 1. The number of nitrogens with one attached hydrogen (secondary N) is 2. The van der Waals surface area contributed by atoms with Gasteiger partial charge in [0, 0.05) is 5.56 Å². The fourth-order valence-electron chi connectivity index (χ4n) is 3.13. The van der Waals surface area contributed by atoms with E-state index in [4.69, 9.17) is 0 Å². The van der Waals surface area contributed by atoms with Crippen LogP contribution in [0.15, 0.2) is 77.7 Å². The molecule has 5 nitrogen and oxygen atoms in total. The van der Waals surface area contributed by atoms with E-state index >= 15 is 0 Å². The highest BCUT2D eigenvalue weighted by Crippen LogP contribution is 2.21. The first-order valence-electron chi connectivity index (χ1n) is 9.33. The third-order valence-corrected chi connectivity index (χ3v) is 6.16. The third-order valence-electron chi connectivity index (χ3n) is 4.80. The van der Waals surface area contributed by atoms with E-state index in [1.165, 1.54) is 12.1 Å². The summed E-state index contributed by atoms with van der Waals surface area (Å²) >= 11 is 0. The number of carbonyl (C=O) groups excluding carboxylic acids is 1. The van der Waals surface area contributed by atoms with Gasteiger partial charge in [-0.3, -0.25) is 9.52 Å². The molecule has 0 aliphatic heterocycles. The van der Waals surface area contributed by atoms with Gasteiger partial charge in [0.25, 0.3) is 15.9 Å². The standard InChI is InChI=1S/C23H24N2O3S/c1-16-9-4-6-13-21(16)18(3)24-23(26)19-11-8-12-20(15-19)29(27,28)25-22-14-7-5-10-17(22)2/h4-15,18,25H,1-3H3,(H,24,26)/t18-/m0/s1. The molecule has 1 amide bonds. The van der Waals surface area contributed by atoms with Crippen molar-refractivity contribution in [1.29, 1.82) is 0 Å². The molecule has 29 heavy (non-hydrogen) atoms. The minimum atomic E-state index is -3.81. The largest absolute Gasteiger partial charge is 0.346 e. The van der Waals surface area contributed by atoms with Gasteiger partial charge in [0.2, 0.25) is 0 Å². The van der Waals surface area contributed by atoms with Crippen LogP contribution in [0.3, 0.4) is 0 Å². The summed E-state index contributed by atoms with van der Waals surface area (Å²) in [6, 6.07) is 20.8. The van der Waals surface area contributed by atoms with Crippen LogP contribution in [0.2, 0.25) is 0 Å². The molecule has 0 saturated carbocycles. The van der Waals surface area contributed by atoms with Gasteiger partial charge in [-0.25, -0.2) is 8.42 Å². The zero-order chi connectivity index (χ0) is 21.0. The molecule has 3 aromatic carbocycles. The van der Waals surface area contributed by atoms with Crippen LogP contribution in [-0.2, 0) is 10.0 Å². The molecule has 0 fully saturated rings. The molecule has 0 heterocycles. The number of aryl methyl sites for hydroxylation is 2. The molecule has 0 unspecified atom stereocenters. The molecular formula is C23H24N2O3S. The first-order chi connectivity index (χ1) is 13.8. The van der Waals surface area contributed by atoms with Crippen LogP contribution in [0.5, 0.6) is 0 Å². The zero-order valence-corrected chi connectivity index (χ0v) is 17.5. The molecule has 0 aliphatic carbocycles. The molecule has 0 bridgehead atoms. The highest BCUT2D eigenvalue weighted by molar-refractivity contribution is 7.92. The summed E-state index contributed by atoms with van der Waals surface area (Å²) in [5.74, 6) is -0.325. The van der Waals surface area contributed by atoms with Crippen LogP contribution >= 0.6 is 0 Å². The number of para-hydroxylation sites is 1. The van der Waals surface area contributed by atoms with Gasteiger partial charge in [0.05, 0.1) is 16.6 Å². The Labute approximate surface area is 171 Å². The molecule has 2 N–H and O–H groups in total. The molecule has 0 aromatic heterocycles. The van der Waals surface area contributed by atoms with Crippen LogP contribution < -0.4 is 10.0 Å². The molecule has 6 heteroatoms. The van der Waals surface area contributed by atoms with E-state index in [0.717, 1.165) is 16.7 Å². The lowest BCUT2D eigenvalue weighted by Gasteiger charge is -2.17. The van der Waals surface area contributed by atoms with Crippen molar-refractivity contribution < 1.29 is 13.2 Å². The molecule has 3 aromatic rings. The summed E-state index contributed by atoms with van der Waals surface area (Å²) in [6.45, 7) is 5.72. The highest BCUT2D eigenvalue weighted by Gasteiger charge is 2.18. The summed E-state index contributed by atoms with van der Waals surface area (Å²) in [5.41, 5.74) is 3.72. The fourth-order valence-corrected chi connectivity index (χ4v) is 4.30. The predicted octanol–water partition coefficient (Wildman–Crippen LogP) is 4.60. The second-order valence-corrected chi connectivity index (χ2v) is 8.68. The van der Waals surface area contributed by atoms with E-state index in [0.29, 0.717) is 5.69 Å². The van der Waals surface area contributed by atoms with Crippen molar-refractivity contribution in [2.24, 2.45) is 0 Å². The van der Waals surface area contributed by atoms with Crippen molar-refractivity contribution in [3.63, 3.8) is 0 Å². The minimum absolute atomic E-state index is 0.0388. The summed E-state index contributed by atoms with van der Waals surface area (Å²) in [7, 11) is -3.81. The van der Waals surface area contributed by atoms with Gasteiger partial charge in [-0.2, -0.15) is 0 Å². The van der Waals surface area contributed by atoms with Crippen molar-refractivity contribution in [3.8, 4) is 0 Å². The predicted molar refractivity (Wildman–Crippen MR) is 115 cm³/mol. The molecule has 150 valence electrons. The quantitative estimate of drug-likeness (QED) is 0.626. The Kier molecular flexibility index (Phi) is 6.03. The SMILES string of the molecule is Cc1ccccc1NS(=O)(=O)c1cccc(C(=O)N[C@@H](C)c2ccccc2C)c1. The van der Waals surface area contributed by atoms with Crippen molar-refractivity contribution >= 4 is 21.6 Å². The zero-order valence-electron chi connectivity index (χ0n) is 16.6. The van der Waals surface area contributed by atoms with E-state index in [1.54, 1.807) is 24.3 Å². The Morgan fingerprint density at radius 2 is 1.52 bits per heavy atom. The van der Waals surface area contributed by atoms with Gasteiger partial charge in [-0.1, -0.05) is 48.5 Å². The Hall–Kier alpha value is -3.12. The fraction of sp³-hybridized carbons (Fsp3) is 0.174. The lowest BCUT2D eigenvalue weighted by atomic mass is 10.0. The van der Waals surface area contributed by atoms with Gasteiger partial charge in [-0.05, 0) is 61.7 Å². The van der Waals surface area contributed by atoms with Gasteiger partial charge < -0.3 is 5.32 Å². The Bertz CT molecular complexity index is 1140. The second-order valence-electron chi connectivity index (χ2n) is 7.00. The number of rotatable bonds is 6. The van der Waals surface area contributed by atoms with E-state index in [1.807, 2.05) is 57.2 Å². The first-order valence-corrected chi connectivity index (χ1v) is 10.8. The van der Waals surface area contributed by atoms with Crippen molar-refractivity contribution in [1.82, 2.24) is 5.32 Å². The number of carbonyl (C=O) groups is 1. The number of hydrogen-bond acceptors (Lipinski definition) is 3. The maximum atomic E-state index is 12.8. The summed E-state index contributed by atoms with van der Waals surface area (Å²) in [4.78, 5) is 12.7. The lowest BCUT2D eigenvalue weighted by molar-refractivity contribution is 0.0939. The van der Waals surface area contributed by atoms with Crippen LogP contribution in [0, 0.1) is 13.8 Å². The normalized spacial score (nSPS) is 12.2. The monoisotopic (exact) mass is 408 g/mol. The number of hydrogen-bond donors (Lipinski definition) is 2. The van der Waals surface area contributed by atoms with Crippen molar-refractivity contribution in [2.75, 3.05) is 4.72 Å². The molecule has 0 radical (unpaired) electrons. The van der Waals surface area contributed by atoms with Gasteiger partial charge >= 0.3 is 0 Å². The maximum absolute atomic E-state index is 12.8. The average Bonchev–Trinajstić information content (AvgIpc) is 2.70. The Morgan fingerprint density at radius 1 is 0.862 bits per heavy atom. The topological polar surface area (TPSA) is 75.3 Å². The molecule has 0 saturated heterocycles. The van der Waals surface area contributed by atoms with Gasteiger partial charge in [-0.15, -0.1) is 0 Å². The van der Waals surface area contributed by atoms with Crippen LogP contribution in [0.4, 0.5) is 5.69 Å². The van der Waals surface area contributed by atoms with Crippen LogP contribution in [0.1, 0.15) is 40.0 Å². The molecule has 3 rings (SSSR count). The van der Waals surface area contributed by atoms with Gasteiger partial charge in [0.15, 0.2) is 0 Å². The molecule has 0 aliphatic rings. The van der Waals surface area contributed by atoms with Gasteiger partial charge in [0.1, 0.15) is 0 Å². The van der Waals surface area contributed by atoms with E-state index in [-0.39, 0.29) is 22.4 Å². The summed E-state index contributed by atoms with van der Waals surface area (Å²) < 4.78 is 28.1. The average molecular weight is 409 g/mol. The summed E-state index contributed by atoms with van der Waals surface area (Å²) in [6.07, 6.45) is 0. The molecule has 0 spiro atoms. The smallest absolute Gasteiger partial charge is 0.261 e. The van der Waals surface area contributed by atoms with Crippen molar-refractivity contribution in [2.45, 2.75) is 31.7 Å². The number of sulfonamides is 1. The minimum Gasteiger partial charge on any atom is -0.346 e. The van der Waals surface area contributed by atoms with E-state index < -0.39 is 10.0 Å². The molecular weight excluding hydrogens is 384 g/mol. The Morgan fingerprint density at radius 3 is 2.21 bits per heavy atom. The van der Waals surface area contributed by atoms with Crippen LogP contribution in [-0.4, -0.2) is 14.3 Å². The summed E-state index contributed by atoms with van der Waals surface area (Å²) in [5, 5.41) is 2.94. The van der Waals surface area contributed by atoms with E-state index in [2.05, 4.69) is 10.0 Å². The second kappa shape index (κ2) is 8.49. The van der Waals surface area contributed by atoms with Crippen molar-refractivity contribution in [3.05, 3.63) is 95.1 Å². The third kappa shape index (κ3) is 4.84. The molecule has 1 atom stereocenters. The highest BCUT2D eigenvalue weighted by atomic mass is 32.2. The number of anilines is 1. The lowest BCUT2D eigenvalue weighted by Crippen LogP contribution is -2.27. The first kappa shape index (κ1) is 20.6. The van der Waals surface area contributed by atoms with E-state index in [9.17, 15) is 13.2 Å². The Balaban J connectivity index is 1.81. The maximum Gasteiger partial charge on any atom is 0.261 e. The number of benzene rings is 3. The van der Waals surface area contributed by atoms with Crippen LogP contribution in [0.25, 0.3) is 0 Å².